The summed E-state index contributed by atoms with van der Waals surface area (Å²) >= 11 is 0. The molecule has 31 heavy (non-hydrogen) atoms. The van der Waals surface area contributed by atoms with E-state index in [0.29, 0.717) is 11.7 Å². The number of ketones is 1. The summed E-state index contributed by atoms with van der Waals surface area (Å²) in [7, 11) is 1.31. The lowest BCUT2D eigenvalue weighted by Crippen LogP contribution is -2.51. The number of aromatic amines is 1. The molecule has 7 nitrogen and oxygen atoms in total. The molecule has 0 aliphatic heterocycles. The topological polar surface area (TPSA) is 96.1 Å². The number of Topliss-reactive ketones (excluding diaryl/α,β-unsaturated/α-hetero) is 1. The van der Waals surface area contributed by atoms with Gasteiger partial charge < -0.3 is 15.0 Å². The molecular weight excluding hydrogens is 392 g/mol. The van der Waals surface area contributed by atoms with Crippen molar-refractivity contribution >= 4 is 29.1 Å². The van der Waals surface area contributed by atoms with Crippen LogP contribution in [0.2, 0.25) is 0 Å². The third-order valence-electron chi connectivity index (χ3n) is 6.72. The van der Waals surface area contributed by atoms with E-state index in [9.17, 15) is 9.59 Å². The molecule has 6 rings (SSSR count). The van der Waals surface area contributed by atoms with Gasteiger partial charge in [-0.25, -0.2) is 9.78 Å². The summed E-state index contributed by atoms with van der Waals surface area (Å²) < 4.78 is 4.67. The van der Waals surface area contributed by atoms with Crippen LogP contribution >= 0.6 is 0 Å². The summed E-state index contributed by atoms with van der Waals surface area (Å²) in [6.45, 7) is 4.34. The molecule has 0 radical (unpaired) electrons. The van der Waals surface area contributed by atoms with E-state index in [2.05, 4.69) is 39.2 Å². The van der Waals surface area contributed by atoms with Crippen molar-refractivity contribution in [1.29, 1.82) is 0 Å². The van der Waals surface area contributed by atoms with Crippen LogP contribution in [0.25, 0.3) is 11.3 Å². The molecular formula is C24H24N4O3. The maximum atomic E-state index is 13.4. The second kappa shape index (κ2) is 6.97. The second-order valence-electron chi connectivity index (χ2n) is 8.73. The predicted molar refractivity (Wildman–Crippen MR) is 119 cm³/mol. The molecule has 3 aromatic rings. The maximum absolute atomic E-state index is 13.4. The number of carbonyl (C=O) groups excluding carboxylic acids is 2. The van der Waals surface area contributed by atoms with Gasteiger partial charge in [-0.2, -0.15) is 0 Å². The van der Waals surface area contributed by atoms with Crippen LogP contribution in [-0.4, -0.2) is 29.0 Å². The number of methoxy groups -OCH3 is 1. The van der Waals surface area contributed by atoms with Crippen molar-refractivity contribution in [2.45, 2.75) is 26.2 Å². The first-order valence-electron chi connectivity index (χ1n) is 10.3. The number of pyridine rings is 1. The number of anilines is 3. The fraction of sp³-hybridized carbons (Fsp3) is 0.292. The van der Waals surface area contributed by atoms with Gasteiger partial charge in [0, 0.05) is 35.0 Å². The Balaban J connectivity index is 1.64. The van der Waals surface area contributed by atoms with Gasteiger partial charge in [0.25, 0.3) is 0 Å². The Morgan fingerprint density at radius 2 is 1.97 bits per heavy atom. The van der Waals surface area contributed by atoms with Crippen molar-refractivity contribution in [3.05, 3.63) is 59.9 Å². The average Bonchev–Trinajstić information content (AvgIpc) is 3.14. The van der Waals surface area contributed by atoms with Gasteiger partial charge in [-0.05, 0) is 36.1 Å². The number of nitrogens with zero attached hydrogens (tertiary/aromatic N) is 1. The highest BCUT2D eigenvalue weighted by molar-refractivity contribution is 6.10. The molecule has 2 atom stereocenters. The third-order valence-corrected chi connectivity index (χ3v) is 6.72. The average molecular weight is 416 g/mol. The number of benzene rings is 1. The first-order valence-corrected chi connectivity index (χ1v) is 10.3. The summed E-state index contributed by atoms with van der Waals surface area (Å²) in [6, 6.07) is 13.4. The number of rotatable bonds is 4. The Hall–Kier alpha value is -3.61. The summed E-state index contributed by atoms with van der Waals surface area (Å²) in [4.78, 5) is 32.8. The minimum Gasteiger partial charge on any atom is -0.453 e. The first kappa shape index (κ1) is 19.4. The van der Waals surface area contributed by atoms with E-state index in [-0.39, 0.29) is 17.1 Å². The van der Waals surface area contributed by atoms with E-state index in [1.807, 2.05) is 36.4 Å². The van der Waals surface area contributed by atoms with Crippen LogP contribution in [0.3, 0.4) is 0 Å². The standard InChI is InChI=1S/C24H24N4O3/c1-24(2)15-12-16(24)22(29)18-20(15)28-19(21(18)26-14-7-5-4-6-8-14)13-9-10-25-17(11-13)27-23(30)31-3/h4-11,15-16,26,28H,12H2,1-3H3,(H,25,27,30)/t15-,16+/m1/s1. The molecule has 3 N–H and O–H groups in total. The lowest BCUT2D eigenvalue weighted by molar-refractivity contribution is 0.0196. The molecule has 1 aromatic carbocycles. The van der Waals surface area contributed by atoms with Crippen LogP contribution in [-0.2, 0) is 4.74 Å². The zero-order valence-electron chi connectivity index (χ0n) is 17.7. The lowest BCUT2D eigenvalue weighted by atomic mass is 9.48. The number of amides is 1. The highest BCUT2D eigenvalue weighted by Crippen LogP contribution is 2.63. The molecule has 0 saturated heterocycles. The normalized spacial score (nSPS) is 20.4. The van der Waals surface area contributed by atoms with E-state index in [0.717, 1.165) is 40.3 Å². The van der Waals surface area contributed by atoms with Crippen molar-refractivity contribution < 1.29 is 14.3 Å². The van der Waals surface area contributed by atoms with Crippen molar-refractivity contribution in [2.24, 2.45) is 11.3 Å². The molecule has 2 bridgehead atoms. The van der Waals surface area contributed by atoms with Gasteiger partial charge in [-0.3, -0.25) is 10.1 Å². The minimum absolute atomic E-state index is 0.0407. The summed E-state index contributed by atoms with van der Waals surface area (Å²) in [6.07, 6.45) is 1.92. The number of para-hydroxylation sites is 1. The molecule has 1 fully saturated rings. The largest absolute Gasteiger partial charge is 0.453 e. The maximum Gasteiger partial charge on any atom is 0.412 e. The number of hydrogen-bond donors (Lipinski definition) is 3. The molecule has 3 aliphatic rings. The Morgan fingerprint density at radius 1 is 1.19 bits per heavy atom. The highest BCUT2D eigenvalue weighted by atomic mass is 16.5. The lowest BCUT2D eigenvalue weighted by Gasteiger charge is -2.54. The Bertz CT molecular complexity index is 1180. The molecule has 7 heteroatoms. The van der Waals surface area contributed by atoms with Crippen molar-refractivity contribution in [2.75, 3.05) is 17.7 Å². The van der Waals surface area contributed by atoms with Crippen LogP contribution in [0.4, 0.5) is 22.0 Å². The number of carbonyl (C=O) groups is 2. The number of nitrogens with one attached hydrogen (secondary N) is 3. The molecule has 1 saturated carbocycles. The zero-order valence-corrected chi connectivity index (χ0v) is 17.7. The fourth-order valence-electron chi connectivity index (χ4n) is 4.89. The van der Waals surface area contributed by atoms with Crippen molar-refractivity contribution in [3.8, 4) is 11.3 Å². The fourth-order valence-corrected chi connectivity index (χ4v) is 4.89. The third kappa shape index (κ3) is 3.00. The van der Waals surface area contributed by atoms with E-state index in [4.69, 9.17) is 0 Å². The summed E-state index contributed by atoms with van der Waals surface area (Å²) in [5.41, 5.74) is 4.98. The monoisotopic (exact) mass is 416 g/mol. The number of H-pyrrole nitrogens is 1. The van der Waals surface area contributed by atoms with E-state index in [1.165, 1.54) is 7.11 Å². The van der Waals surface area contributed by atoms with Gasteiger partial charge in [0.05, 0.1) is 24.1 Å². The molecule has 0 unspecified atom stereocenters. The van der Waals surface area contributed by atoms with Crippen molar-refractivity contribution in [1.82, 2.24) is 9.97 Å². The van der Waals surface area contributed by atoms with Gasteiger partial charge in [-0.15, -0.1) is 0 Å². The van der Waals surface area contributed by atoms with Crippen molar-refractivity contribution in [3.63, 3.8) is 0 Å². The van der Waals surface area contributed by atoms with Gasteiger partial charge in [0.15, 0.2) is 5.78 Å². The first-order chi connectivity index (χ1) is 14.9. The molecule has 0 spiro atoms. The molecule has 3 aliphatic carbocycles. The van der Waals surface area contributed by atoms with E-state index >= 15 is 0 Å². The Morgan fingerprint density at radius 3 is 2.68 bits per heavy atom. The number of hydrogen-bond acceptors (Lipinski definition) is 5. The van der Waals surface area contributed by atoms with E-state index < -0.39 is 6.09 Å². The van der Waals surface area contributed by atoms with Crippen LogP contribution in [0.15, 0.2) is 48.7 Å². The smallest absolute Gasteiger partial charge is 0.412 e. The van der Waals surface area contributed by atoms with E-state index in [1.54, 1.807) is 12.3 Å². The number of ether oxygens (including phenoxy) is 1. The van der Waals surface area contributed by atoms with Gasteiger partial charge in [0.1, 0.15) is 5.82 Å². The van der Waals surface area contributed by atoms with Crippen LogP contribution < -0.4 is 10.6 Å². The van der Waals surface area contributed by atoms with Crippen LogP contribution in [0.1, 0.15) is 42.2 Å². The molecule has 2 aromatic heterocycles. The van der Waals surface area contributed by atoms with Gasteiger partial charge >= 0.3 is 6.09 Å². The van der Waals surface area contributed by atoms with Gasteiger partial charge in [0.2, 0.25) is 0 Å². The summed E-state index contributed by atoms with van der Waals surface area (Å²) in [5, 5.41) is 6.06. The Labute approximate surface area is 180 Å². The number of aromatic nitrogens is 2. The highest BCUT2D eigenvalue weighted by Gasteiger charge is 2.58. The predicted octanol–water partition coefficient (Wildman–Crippen LogP) is 5.32. The zero-order chi connectivity index (χ0) is 21.8. The SMILES string of the molecule is COC(=O)Nc1cc(-c2[nH]c3c(c2Nc2ccccc2)C(=O)[C@@H]2C[C@H]3C2(C)C)ccn1. The van der Waals surface area contributed by atoms with Crippen LogP contribution in [0, 0.1) is 11.3 Å². The Kier molecular flexibility index (Phi) is 4.36. The van der Waals surface area contributed by atoms with Gasteiger partial charge in [-0.1, -0.05) is 32.0 Å². The van der Waals surface area contributed by atoms with Crippen LogP contribution in [0.5, 0.6) is 0 Å². The minimum atomic E-state index is -0.587. The molecule has 1 amide bonds. The summed E-state index contributed by atoms with van der Waals surface area (Å²) in [5.74, 6) is 0.910. The molecule has 158 valence electrons. The quantitative estimate of drug-likeness (QED) is 0.535. The molecule has 2 heterocycles. The second-order valence-corrected chi connectivity index (χ2v) is 8.73.